The minimum Gasteiger partial charge on any atom is -0.463 e. The van der Waals surface area contributed by atoms with E-state index in [1.807, 2.05) is 27.7 Å². The third kappa shape index (κ3) is 42.3. The second-order valence-electron chi connectivity index (χ2n) is 17.8. The number of hydrogen-bond acceptors (Lipinski definition) is 7. The van der Waals surface area contributed by atoms with Gasteiger partial charge in [0.15, 0.2) is 0 Å². The van der Waals surface area contributed by atoms with Crippen LogP contribution in [0.3, 0.4) is 0 Å². The van der Waals surface area contributed by atoms with Crippen LogP contribution in [0.2, 0.25) is 0 Å². The van der Waals surface area contributed by atoms with Gasteiger partial charge in [0.1, 0.15) is 12.7 Å². The lowest BCUT2D eigenvalue weighted by Crippen LogP contribution is -2.29. The number of hydrogen-bond donors (Lipinski definition) is 0. The molecule has 0 saturated heterocycles. The Morgan fingerprint density at radius 2 is 0.600 bits per heavy atom. The molecule has 0 spiro atoms. The van der Waals surface area contributed by atoms with Crippen LogP contribution in [0, 0.1) is 11.8 Å². The first kappa shape index (κ1) is 53.8. The van der Waals surface area contributed by atoms with Gasteiger partial charge in [0, 0.05) is 12.8 Å². The number of carbonyl (C=O) groups is 2. The molecule has 4 atom stereocenters. The maximum absolute atomic E-state index is 12.3. The Labute approximate surface area is 342 Å². The van der Waals surface area contributed by atoms with E-state index in [1.54, 1.807) is 0 Å². The van der Waals surface area contributed by atoms with Crippen molar-refractivity contribution in [3.8, 4) is 0 Å². The summed E-state index contributed by atoms with van der Waals surface area (Å²) in [5, 5.41) is 0. The number of carbonyl (C=O) groups excluding carboxylic acids is 2. The van der Waals surface area contributed by atoms with E-state index in [1.165, 1.54) is 141 Å². The molecule has 0 aromatic rings. The monoisotopic (exact) mass is 783 g/mol. The van der Waals surface area contributed by atoms with Crippen molar-refractivity contribution in [3.05, 3.63) is 0 Å². The van der Waals surface area contributed by atoms with E-state index in [9.17, 15) is 9.59 Å². The Hall–Kier alpha value is -1.18. The van der Waals surface area contributed by atoms with Crippen molar-refractivity contribution in [2.75, 3.05) is 26.4 Å². The van der Waals surface area contributed by atoms with Crippen molar-refractivity contribution in [2.24, 2.45) is 11.8 Å². The summed E-state index contributed by atoms with van der Waals surface area (Å²) < 4.78 is 28.6. The molecule has 0 radical (unpaired) electrons. The highest BCUT2D eigenvalue weighted by Gasteiger charge is 2.14. The molecular weight excluding hydrogens is 689 g/mol. The van der Waals surface area contributed by atoms with E-state index in [4.69, 9.17) is 23.7 Å². The predicted molar refractivity (Wildman–Crippen MR) is 232 cm³/mol. The SMILES string of the molecule is CC(C)CCCCCCCCCCCCCCC(=O)OCC(C)OCC(C)OCC(C)OCC(C)OC(=O)CCCCCCCCCCCCCCC(C)C. The number of unbranched alkanes of at least 4 members (excludes halogenated alkanes) is 22. The van der Waals surface area contributed by atoms with E-state index in [2.05, 4.69) is 27.7 Å². The van der Waals surface area contributed by atoms with Gasteiger partial charge >= 0.3 is 11.9 Å². The molecule has 4 unspecified atom stereocenters. The normalized spacial score (nSPS) is 14.0. The van der Waals surface area contributed by atoms with Gasteiger partial charge in [0.05, 0.1) is 38.1 Å². The van der Waals surface area contributed by atoms with Crippen molar-refractivity contribution in [1.29, 1.82) is 0 Å². The molecule has 0 aromatic heterocycles. The van der Waals surface area contributed by atoms with Gasteiger partial charge in [-0.2, -0.15) is 0 Å². The molecule has 0 bridgehead atoms. The van der Waals surface area contributed by atoms with Gasteiger partial charge in [-0.15, -0.1) is 0 Å². The van der Waals surface area contributed by atoms with Crippen LogP contribution in [0.25, 0.3) is 0 Å². The first-order valence-corrected chi connectivity index (χ1v) is 23.7. The van der Waals surface area contributed by atoms with Crippen molar-refractivity contribution >= 4 is 11.9 Å². The molecule has 0 saturated carbocycles. The van der Waals surface area contributed by atoms with Crippen molar-refractivity contribution in [2.45, 2.75) is 260 Å². The Balaban J connectivity index is 3.62. The highest BCUT2D eigenvalue weighted by Crippen LogP contribution is 2.16. The summed E-state index contributed by atoms with van der Waals surface area (Å²) in [5.74, 6) is 1.42. The summed E-state index contributed by atoms with van der Waals surface area (Å²) >= 11 is 0. The van der Waals surface area contributed by atoms with Crippen LogP contribution in [0.15, 0.2) is 0 Å². The van der Waals surface area contributed by atoms with E-state index in [0.717, 1.165) is 37.5 Å². The summed E-state index contributed by atoms with van der Waals surface area (Å²) in [6, 6.07) is 0. The smallest absolute Gasteiger partial charge is 0.306 e. The molecular formula is C48H94O7. The quantitative estimate of drug-likeness (QED) is 0.0450. The van der Waals surface area contributed by atoms with E-state index < -0.39 is 0 Å². The highest BCUT2D eigenvalue weighted by atomic mass is 16.6. The van der Waals surface area contributed by atoms with Gasteiger partial charge in [0.2, 0.25) is 0 Å². The van der Waals surface area contributed by atoms with Gasteiger partial charge in [0.25, 0.3) is 0 Å². The molecule has 7 heteroatoms. The van der Waals surface area contributed by atoms with Crippen LogP contribution >= 0.6 is 0 Å². The van der Waals surface area contributed by atoms with Crippen LogP contribution in [-0.2, 0) is 33.3 Å². The van der Waals surface area contributed by atoms with Gasteiger partial charge in [-0.05, 0) is 52.4 Å². The number of esters is 2. The van der Waals surface area contributed by atoms with E-state index in [-0.39, 0.29) is 43.0 Å². The molecule has 0 rings (SSSR count). The summed E-state index contributed by atoms with van der Waals surface area (Å²) in [6.45, 7) is 18.4. The maximum atomic E-state index is 12.3. The fourth-order valence-corrected chi connectivity index (χ4v) is 6.82. The number of ether oxygens (including phenoxy) is 5. The molecule has 0 aliphatic carbocycles. The summed E-state index contributed by atoms with van der Waals surface area (Å²) in [6.07, 6.45) is 33.9. The fraction of sp³-hybridized carbons (Fsp3) is 0.958. The topological polar surface area (TPSA) is 80.3 Å². The molecule has 0 aliphatic rings. The maximum Gasteiger partial charge on any atom is 0.306 e. The fourth-order valence-electron chi connectivity index (χ4n) is 6.82. The third-order valence-corrected chi connectivity index (χ3v) is 10.5. The zero-order valence-electron chi connectivity index (χ0n) is 37.9. The van der Waals surface area contributed by atoms with Crippen molar-refractivity contribution in [1.82, 2.24) is 0 Å². The average molecular weight is 783 g/mol. The third-order valence-electron chi connectivity index (χ3n) is 10.5. The van der Waals surface area contributed by atoms with Gasteiger partial charge in [-0.1, -0.05) is 182 Å². The van der Waals surface area contributed by atoms with Crippen molar-refractivity contribution < 1.29 is 33.3 Å². The Bertz CT molecular complexity index is 831. The molecule has 328 valence electrons. The highest BCUT2D eigenvalue weighted by molar-refractivity contribution is 5.69. The lowest BCUT2D eigenvalue weighted by atomic mass is 10.0. The summed E-state index contributed by atoms with van der Waals surface area (Å²) in [4.78, 5) is 24.4. The first-order valence-electron chi connectivity index (χ1n) is 23.7. The minimum atomic E-state index is -0.284. The Kier molecular flexibility index (Phi) is 38.8. The van der Waals surface area contributed by atoms with Crippen molar-refractivity contribution in [3.63, 3.8) is 0 Å². The standard InChI is InChI=1S/C48H94O7/c1-41(2)33-29-25-21-17-13-9-11-15-19-23-27-31-35-47(49)54-39-45(7)52-37-43(5)51-38-44(6)53-40-46(8)55-48(50)36-32-28-24-20-16-12-10-14-18-22-26-30-34-42(3)4/h41-46H,9-40H2,1-8H3. The van der Waals surface area contributed by atoms with Crippen LogP contribution in [0.5, 0.6) is 0 Å². The Morgan fingerprint density at radius 1 is 0.327 bits per heavy atom. The first-order chi connectivity index (χ1) is 26.5. The molecule has 0 amide bonds. The second kappa shape index (κ2) is 39.6. The van der Waals surface area contributed by atoms with Crippen LogP contribution in [-0.4, -0.2) is 62.8 Å². The predicted octanol–water partition coefficient (Wildman–Crippen LogP) is 13.9. The Morgan fingerprint density at radius 3 is 0.945 bits per heavy atom. The lowest BCUT2D eigenvalue weighted by Gasteiger charge is -2.21. The molecule has 0 heterocycles. The molecule has 0 fully saturated rings. The average Bonchev–Trinajstić information content (AvgIpc) is 3.14. The van der Waals surface area contributed by atoms with Gasteiger partial charge in [-0.3, -0.25) is 9.59 Å². The second-order valence-corrected chi connectivity index (χ2v) is 17.8. The minimum absolute atomic E-state index is 0.117. The largest absolute Gasteiger partial charge is 0.463 e. The number of rotatable bonds is 42. The van der Waals surface area contributed by atoms with E-state index >= 15 is 0 Å². The zero-order chi connectivity index (χ0) is 40.8. The zero-order valence-corrected chi connectivity index (χ0v) is 37.9. The molecule has 0 N–H and O–H groups in total. The summed E-state index contributed by atoms with van der Waals surface area (Å²) in [7, 11) is 0. The molecule has 7 nitrogen and oxygen atoms in total. The molecule has 55 heavy (non-hydrogen) atoms. The lowest BCUT2D eigenvalue weighted by molar-refractivity contribution is -0.153. The van der Waals surface area contributed by atoms with Crippen LogP contribution in [0.4, 0.5) is 0 Å². The van der Waals surface area contributed by atoms with Gasteiger partial charge in [-0.25, -0.2) is 0 Å². The van der Waals surface area contributed by atoms with E-state index in [0.29, 0.717) is 32.7 Å². The van der Waals surface area contributed by atoms with Gasteiger partial charge < -0.3 is 23.7 Å². The molecule has 0 aromatic carbocycles. The summed E-state index contributed by atoms with van der Waals surface area (Å²) in [5.41, 5.74) is 0. The van der Waals surface area contributed by atoms with Crippen LogP contribution in [0.1, 0.15) is 235 Å². The van der Waals surface area contributed by atoms with Crippen LogP contribution < -0.4 is 0 Å². The molecule has 0 aliphatic heterocycles.